The minimum Gasteiger partial charge on any atom is -0.449 e. The predicted octanol–water partition coefficient (Wildman–Crippen LogP) is 6.70. The van der Waals surface area contributed by atoms with E-state index in [0.29, 0.717) is 16.5 Å². The van der Waals surface area contributed by atoms with Gasteiger partial charge in [0.15, 0.2) is 0 Å². The number of carbonyl (C=O) groups excluding carboxylic acids is 4. The molecule has 0 fully saturated rings. The summed E-state index contributed by atoms with van der Waals surface area (Å²) in [6.07, 6.45) is 5.75. The molecule has 1 heterocycles. The first-order valence-corrected chi connectivity index (χ1v) is 17.5. The second-order valence-electron chi connectivity index (χ2n) is 13.9. The molecule has 0 bridgehead atoms. The standard InChI is InChI=1S/C43H42N4O6/c1-5-15-36(46-41(50)52-27-35-33-21-11-9-19-31(33)32-20-10-12-22-34(32)35)40(49)45-37(39(48)44-25-28-16-7-6-8-17-28)24-29-26-47(42(51)53-43(2,3)4)38-23-14-13-18-30(29)38/h1,6-14,16-23,26,35-37H,15,24-25,27H2,2-4H3,(H,44,48)(H,45,49)(H,46,50). The van der Waals surface area contributed by atoms with Gasteiger partial charge >= 0.3 is 12.2 Å². The molecule has 3 amide bonds. The van der Waals surface area contributed by atoms with E-state index in [1.807, 2.05) is 91.0 Å². The summed E-state index contributed by atoms with van der Waals surface area (Å²) in [6.45, 7) is 5.62. The van der Waals surface area contributed by atoms with E-state index in [1.54, 1.807) is 39.1 Å². The van der Waals surface area contributed by atoms with Crippen molar-refractivity contribution in [2.24, 2.45) is 0 Å². The van der Waals surface area contributed by atoms with Crippen LogP contribution in [-0.4, -0.2) is 52.9 Å². The number of nitrogens with zero attached hydrogens (tertiary/aromatic N) is 1. The van der Waals surface area contributed by atoms with Crippen LogP contribution in [0.15, 0.2) is 109 Å². The molecule has 4 aromatic carbocycles. The van der Waals surface area contributed by atoms with Crippen molar-refractivity contribution in [2.75, 3.05) is 6.61 Å². The van der Waals surface area contributed by atoms with E-state index in [1.165, 1.54) is 4.57 Å². The molecule has 270 valence electrons. The zero-order valence-electron chi connectivity index (χ0n) is 29.9. The lowest BCUT2D eigenvalue weighted by atomic mass is 9.98. The topological polar surface area (TPSA) is 128 Å². The number of alkyl carbamates (subject to hydrolysis) is 1. The third kappa shape index (κ3) is 8.59. The van der Waals surface area contributed by atoms with Gasteiger partial charge < -0.3 is 25.4 Å². The minimum absolute atomic E-state index is 0.0242. The molecular formula is C43H42N4O6. The van der Waals surface area contributed by atoms with Gasteiger partial charge in [0.2, 0.25) is 11.8 Å². The number of nitrogens with one attached hydrogen (secondary N) is 3. The Morgan fingerprint density at radius 2 is 1.42 bits per heavy atom. The van der Waals surface area contributed by atoms with Crippen LogP contribution in [0.4, 0.5) is 9.59 Å². The fourth-order valence-electron chi connectivity index (χ4n) is 6.59. The Hall–Kier alpha value is -6.34. The number of para-hydroxylation sites is 1. The molecule has 0 spiro atoms. The van der Waals surface area contributed by atoms with E-state index in [9.17, 15) is 19.2 Å². The molecule has 6 rings (SSSR count). The summed E-state index contributed by atoms with van der Waals surface area (Å²) < 4.78 is 12.7. The highest BCUT2D eigenvalue weighted by Crippen LogP contribution is 2.44. The Morgan fingerprint density at radius 1 is 0.792 bits per heavy atom. The summed E-state index contributed by atoms with van der Waals surface area (Å²) in [4.78, 5) is 54.0. The maximum Gasteiger partial charge on any atom is 0.419 e. The monoisotopic (exact) mass is 710 g/mol. The van der Waals surface area contributed by atoms with Crippen LogP contribution in [0.2, 0.25) is 0 Å². The molecule has 1 aromatic heterocycles. The smallest absolute Gasteiger partial charge is 0.419 e. The molecule has 2 atom stereocenters. The van der Waals surface area contributed by atoms with Crippen molar-refractivity contribution in [3.8, 4) is 23.5 Å². The van der Waals surface area contributed by atoms with Crippen molar-refractivity contribution in [1.82, 2.24) is 20.5 Å². The van der Waals surface area contributed by atoms with Crippen LogP contribution >= 0.6 is 0 Å². The Balaban J connectivity index is 1.19. The number of ether oxygens (including phenoxy) is 2. The number of aromatic nitrogens is 1. The van der Waals surface area contributed by atoms with Gasteiger partial charge in [0.25, 0.3) is 0 Å². The van der Waals surface area contributed by atoms with Gasteiger partial charge in [0.1, 0.15) is 24.3 Å². The lowest BCUT2D eigenvalue weighted by Gasteiger charge is -2.23. The summed E-state index contributed by atoms with van der Waals surface area (Å²) >= 11 is 0. The number of rotatable bonds is 11. The first-order chi connectivity index (χ1) is 25.5. The average Bonchev–Trinajstić information content (AvgIpc) is 3.68. The predicted molar refractivity (Wildman–Crippen MR) is 203 cm³/mol. The van der Waals surface area contributed by atoms with Crippen molar-refractivity contribution in [3.05, 3.63) is 132 Å². The van der Waals surface area contributed by atoms with E-state index < -0.39 is 41.7 Å². The molecule has 0 aliphatic heterocycles. The van der Waals surface area contributed by atoms with E-state index in [4.69, 9.17) is 15.9 Å². The normalized spacial score (nSPS) is 13.2. The summed E-state index contributed by atoms with van der Waals surface area (Å²) in [5, 5.41) is 9.05. The second kappa shape index (κ2) is 15.9. The Labute approximate surface area is 308 Å². The summed E-state index contributed by atoms with van der Waals surface area (Å²) in [6, 6.07) is 30.3. The number of terminal acetylenes is 1. The van der Waals surface area contributed by atoms with Crippen molar-refractivity contribution in [3.63, 3.8) is 0 Å². The molecule has 3 N–H and O–H groups in total. The number of carbonyl (C=O) groups is 4. The first-order valence-electron chi connectivity index (χ1n) is 17.5. The quantitative estimate of drug-likeness (QED) is 0.131. The third-order valence-electron chi connectivity index (χ3n) is 9.03. The van der Waals surface area contributed by atoms with Gasteiger partial charge in [-0.05, 0) is 60.2 Å². The molecule has 0 saturated carbocycles. The van der Waals surface area contributed by atoms with Crippen LogP contribution in [-0.2, 0) is 32.0 Å². The molecule has 1 aliphatic carbocycles. The zero-order chi connectivity index (χ0) is 37.5. The summed E-state index contributed by atoms with van der Waals surface area (Å²) in [5.74, 6) is 1.15. The fraction of sp³-hybridized carbons (Fsp3) is 0.256. The summed E-state index contributed by atoms with van der Waals surface area (Å²) in [5.41, 5.74) is 5.64. The molecular weight excluding hydrogens is 668 g/mol. The molecule has 0 radical (unpaired) electrons. The average molecular weight is 711 g/mol. The van der Waals surface area contributed by atoms with Crippen LogP contribution in [0.5, 0.6) is 0 Å². The van der Waals surface area contributed by atoms with E-state index in [-0.39, 0.29) is 31.9 Å². The van der Waals surface area contributed by atoms with Crippen molar-refractivity contribution >= 4 is 34.9 Å². The molecule has 10 heteroatoms. The minimum atomic E-state index is -1.19. The van der Waals surface area contributed by atoms with Crippen molar-refractivity contribution in [1.29, 1.82) is 0 Å². The Bertz CT molecular complexity index is 2130. The van der Waals surface area contributed by atoms with Crippen LogP contribution < -0.4 is 16.0 Å². The van der Waals surface area contributed by atoms with E-state index in [2.05, 4.69) is 21.9 Å². The molecule has 0 saturated heterocycles. The number of hydrogen-bond acceptors (Lipinski definition) is 6. The van der Waals surface area contributed by atoms with Gasteiger partial charge in [-0.15, -0.1) is 12.3 Å². The largest absolute Gasteiger partial charge is 0.449 e. The van der Waals surface area contributed by atoms with Gasteiger partial charge in [0, 0.05) is 36.9 Å². The van der Waals surface area contributed by atoms with Gasteiger partial charge in [0.05, 0.1) is 5.52 Å². The van der Waals surface area contributed by atoms with E-state index >= 15 is 0 Å². The van der Waals surface area contributed by atoms with Gasteiger partial charge in [-0.2, -0.15) is 0 Å². The van der Waals surface area contributed by atoms with Crippen LogP contribution in [0.1, 0.15) is 55.4 Å². The maximum absolute atomic E-state index is 13.8. The lowest BCUT2D eigenvalue weighted by Crippen LogP contribution is -2.54. The van der Waals surface area contributed by atoms with Gasteiger partial charge in [-0.1, -0.05) is 97.1 Å². The van der Waals surface area contributed by atoms with Crippen molar-refractivity contribution < 1.29 is 28.7 Å². The highest BCUT2D eigenvalue weighted by atomic mass is 16.6. The molecule has 2 unspecified atom stereocenters. The number of hydrogen-bond donors (Lipinski definition) is 3. The second-order valence-corrected chi connectivity index (χ2v) is 13.9. The first kappa shape index (κ1) is 36.5. The molecule has 5 aromatic rings. The zero-order valence-corrected chi connectivity index (χ0v) is 29.9. The van der Waals surface area contributed by atoms with Crippen molar-refractivity contribution in [2.45, 2.75) is 63.8 Å². The van der Waals surface area contributed by atoms with Crippen LogP contribution in [0.3, 0.4) is 0 Å². The van der Waals surface area contributed by atoms with Gasteiger partial charge in [-0.3, -0.25) is 14.2 Å². The van der Waals surface area contributed by atoms with Crippen LogP contribution in [0.25, 0.3) is 22.0 Å². The van der Waals surface area contributed by atoms with E-state index in [0.717, 1.165) is 27.8 Å². The lowest BCUT2D eigenvalue weighted by molar-refractivity contribution is -0.130. The Morgan fingerprint density at radius 3 is 2.08 bits per heavy atom. The van der Waals surface area contributed by atoms with Gasteiger partial charge in [-0.25, -0.2) is 9.59 Å². The third-order valence-corrected chi connectivity index (χ3v) is 9.03. The summed E-state index contributed by atoms with van der Waals surface area (Å²) in [7, 11) is 0. The fourth-order valence-corrected chi connectivity index (χ4v) is 6.59. The highest BCUT2D eigenvalue weighted by Gasteiger charge is 2.31. The van der Waals surface area contributed by atoms with Crippen LogP contribution in [0, 0.1) is 12.3 Å². The number of benzene rings is 4. The molecule has 1 aliphatic rings. The molecule has 10 nitrogen and oxygen atoms in total. The molecule has 53 heavy (non-hydrogen) atoms. The highest BCUT2D eigenvalue weighted by molar-refractivity contribution is 5.94. The number of fused-ring (bicyclic) bond motifs is 4. The maximum atomic E-state index is 13.8. The SMILES string of the molecule is C#CCC(NC(=O)OCC1c2ccccc2-c2ccccc21)C(=O)NC(Cc1cn(C(=O)OC(C)(C)C)c2ccccc12)C(=O)NCc1ccccc1. The Kier molecular flexibility index (Phi) is 10.9. The number of amides is 3.